The number of thiophene rings is 1. The summed E-state index contributed by atoms with van der Waals surface area (Å²) in [6.45, 7) is 3.11. The number of aryl methyl sites for hydroxylation is 1. The quantitative estimate of drug-likeness (QED) is 0.357. The van der Waals surface area contributed by atoms with Crippen molar-refractivity contribution in [3.8, 4) is 5.75 Å². The van der Waals surface area contributed by atoms with Gasteiger partial charge in [0.25, 0.3) is 5.91 Å². The van der Waals surface area contributed by atoms with Crippen molar-refractivity contribution in [3.05, 3.63) is 98.3 Å². The summed E-state index contributed by atoms with van der Waals surface area (Å²) in [5.74, 6) is 1.17. The van der Waals surface area contributed by atoms with Crippen LogP contribution in [0.4, 0.5) is 5.82 Å². The Morgan fingerprint density at radius 1 is 1.10 bits per heavy atom. The Bertz CT molecular complexity index is 1130. The first kappa shape index (κ1) is 20.4. The molecule has 4 aromatic rings. The number of ether oxygens (including phenoxy) is 1. The smallest absolute Gasteiger partial charge is 0.266 e. The molecule has 0 atom stereocenters. The van der Waals surface area contributed by atoms with Crippen LogP contribution < -0.4 is 10.1 Å². The van der Waals surface area contributed by atoms with Crippen molar-refractivity contribution in [2.24, 2.45) is 0 Å². The summed E-state index contributed by atoms with van der Waals surface area (Å²) in [4.78, 5) is 13.2. The number of rotatable bonds is 7. The number of hydrogen-bond donors (Lipinski definition) is 1. The first-order valence-corrected chi connectivity index (χ1v) is 11.1. The van der Waals surface area contributed by atoms with Crippen LogP contribution in [-0.4, -0.2) is 15.7 Å². The molecule has 2 heterocycles. The molecule has 0 aliphatic rings. The minimum Gasteiger partial charge on any atom is -0.489 e. The average Bonchev–Trinajstić information content (AvgIpc) is 3.39. The fraction of sp³-hybridized carbons (Fsp3) is 0.130. The van der Waals surface area contributed by atoms with Gasteiger partial charge < -0.3 is 10.1 Å². The summed E-state index contributed by atoms with van der Waals surface area (Å²) in [6, 6.07) is 19.6. The predicted octanol–water partition coefficient (Wildman–Crippen LogP) is 5.90. The number of nitrogens with zero attached hydrogens (tertiary/aromatic N) is 2. The predicted molar refractivity (Wildman–Crippen MR) is 123 cm³/mol. The molecule has 152 valence electrons. The molecule has 7 heteroatoms. The van der Waals surface area contributed by atoms with E-state index in [0.717, 1.165) is 21.3 Å². The van der Waals surface area contributed by atoms with Gasteiger partial charge >= 0.3 is 0 Å². The fourth-order valence-corrected chi connectivity index (χ4v) is 3.90. The highest BCUT2D eigenvalue weighted by Gasteiger charge is 2.12. The molecule has 1 N–H and O–H groups in total. The number of benzene rings is 2. The zero-order valence-corrected chi connectivity index (χ0v) is 18.7. The number of carbonyl (C=O) groups is 1. The molecule has 0 aliphatic heterocycles. The Labute approximate surface area is 187 Å². The summed E-state index contributed by atoms with van der Waals surface area (Å²) < 4.78 is 8.62. The summed E-state index contributed by atoms with van der Waals surface area (Å²) in [5.41, 5.74) is 3.29. The Kier molecular flexibility index (Phi) is 6.30. The molecule has 0 saturated heterocycles. The van der Waals surface area contributed by atoms with Gasteiger partial charge in [-0.25, -0.2) is 0 Å². The van der Waals surface area contributed by atoms with Crippen LogP contribution in [0.5, 0.6) is 5.75 Å². The second-order valence-corrected chi connectivity index (χ2v) is 8.73. The minimum absolute atomic E-state index is 0.171. The highest BCUT2D eigenvalue weighted by Crippen LogP contribution is 2.20. The van der Waals surface area contributed by atoms with Crippen LogP contribution in [0.15, 0.2) is 76.7 Å². The van der Waals surface area contributed by atoms with Crippen LogP contribution >= 0.6 is 27.3 Å². The van der Waals surface area contributed by atoms with E-state index in [9.17, 15) is 4.79 Å². The average molecular weight is 482 g/mol. The maximum Gasteiger partial charge on any atom is 0.266 e. The van der Waals surface area contributed by atoms with E-state index in [1.807, 2.05) is 73.1 Å². The van der Waals surface area contributed by atoms with Gasteiger partial charge in [0.15, 0.2) is 5.82 Å². The number of amides is 1. The number of nitrogens with one attached hydrogen (secondary N) is 1. The Balaban J connectivity index is 1.32. The molecule has 30 heavy (non-hydrogen) atoms. The lowest BCUT2D eigenvalue weighted by Gasteiger charge is -2.04. The normalized spacial score (nSPS) is 10.7. The van der Waals surface area contributed by atoms with Crippen molar-refractivity contribution in [1.29, 1.82) is 0 Å². The van der Waals surface area contributed by atoms with Crippen LogP contribution in [0.25, 0.3) is 0 Å². The third-order valence-corrected chi connectivity index (χ3v) is 5.95. The molecule has 2 aromatic heterocycles. The van der Waals surface area contributed by atoms with Gasteiger partial charge in [-0.2, -0.15) is 5.10 Å². The van der Waals surface area contributed by atoms with E-state index >= 15 is 0 Å². The molecule has 0 aliphatic carbocycles. The molecule has 5 nitrogen and oxygen atoms in total. The van der Waals surface area contributed by atoms with Crippen molar-refractivity contribution >= 4 is 39.0 Å². The second kappa shape index (κ2) is 9.28. The lowest BCUT2D eigenvalue weighted by Crippen LogP contribution is -2.11. The zero-order chi connectivity index (χ0) is 20.9. The zero-order valence-electron chi connectivity index (χ0n) is 16.3. The summed E-state index contributed by atoms with van der Waals surface area (Å²) in [6.07, 6.45) is 1.85. The van der Waals surface area contributed by atoms with Gasteiger partial charge in [-0.15, -0.1) is 11.3 Å². The fourth-order valence-electron chi connectivity index (χ4n) is 2.84. The first-order valence-electron chi connectivity index (χ1n) is 9.41. The van der Waals surface area contributed by atoms with Gasteiger partial charge in [-0.1, -0.05) is 45.8 Å². The molecular formula is C23H20BrN3O2S. The van der Waals surface area contributed by atoms with Crippen LogP contribution in [0.3, 0.4) is 0 Å². The second-order valence-electron chi connectivity index (χ2n) is 6.90. The van der Waals surface area contributed by atoms with E-state index in [-0.39, 0.29) is 5.91 Å². The van der Waals surface area contributed by atoms with Crippen LogP contribution in [0, 0.1) is 6.92 Å². The largest absolute Gasteiger partial charge is 0.489 e. The van der Waals surface area contributed by atoms with E-state index < -0.39 is 0 Å². The van der Waals surface area contributed by atoms with Crippen molar-refractivity contribution in [3.63, 3.8) is 0 Å². The molecule has 0 radical (unpaired) electrons. The van der Waals surface area contributed by atoms with Crippen LogP contribution in [0.1, 0.15) is 26.4 Å². The van der Waals surface area contributed by atoms with Crippen molar-refractivity contribution in [2.75, 3.05) is 5.32 Å². The number of halogens is 1. The van der Waals surface area contributed by atoms with Gasteiger partial charge in [-0.3, -0.25) is 9.48 Å². The summed E-state index contributed by atoms with van der Waals surface area (Å²) >= 11 is 4.83. The number of hydrogen-bond acceptors (Lipinski definition) is 4. The number of aromatic nitrogens is 2. The maximum absolute atomic E-state index is 12.5. The van der Waals surface area contributed by atoms with E-state index in [2.05, 4.69) is 26.3 Å². The topological polar surface area (TPSA) is 56.1 Å². The highest BCUT2D eigenvalue weighted by molar-refractivity contribution is 9.10. The van der Waals surface area contributed by atoms with Crippen LogP contribution in [-0.2, 0) is 13.2 Å². The monoisotopic (exact) mass is 481 g/mol. The first-order chi connectivity index (χ1) is 14.5. The van der Waals surface area contributed by atoms with Gasteiger partial charge in [-0.05, 0) is 48.2 Å². The Morgan fingerprint density at radius 3 is 2.63 bits per heavy atom. The number of carbonyl (C=O) groups excluding carboxylic acids is 1. The SMILES string of the molecule is Cc1ccc(OCc2csc(C(=O)Nc3ccn(Cc4ccc(Br)cc4)n3)c2)cc1. The third kappa shape index (κ3) is 5.37. The Morgan fingerprint density at radius 2 is 1.87 bits per heavy atom. The molecule has 0 bridgehead atoms. The Hall–Kier alpha value is -2.90. The van der Waals surface area contributed by atoms with Crippen molar-refractivity contribution in [2.45, 2.75) is 20.1 Å². The number of anilines is 1. The van der Waals surface area contributed by atoms with Crippen molar-refractivity contribution in [1.82, 2.24) is 9.78 Å². The lowest BCUT2D eigenvalue weighted by atomic mass is 10.2. The van der Waals surface area contributed by atoms with Crippen molar-refractivity contribution < 1.29 is 9.53 Å². The van der Waals surface area contributed by atoms with Gasteiger partial charge in [0.05, 0.1) is 11.4 Å². The standard InChI is InChI=1S/C23H20BrN3O2S/c1-16-2-8-20(9-3-16)29-14-18-12-21(30-15-18)23(28)25-22-10-11-27(26-22)13-17-4-6-19(24)7-5-17/h2-12,15H,13-14H2,1H3,(H,25,26,28). The molecule has 0 saturated carbocycles. The molecule has 0 unspecified atom stereocenters. The van der Waals surface area contributed by atoms with Gasteiger partial charge in [0.2, 0.25) is 0 Å². The highest BCUT2D eigenvalue weighted by atomic mass is 79.9. The van der Waals surface area contributed by atoms with Gasteiger partial charge in [0, 0.05) is 22.3 Å². The molecule has 2 aromatic carbocycles. The molecular weight excluding hydrogens is 462 g/mol. The molecule has 1 amide bonds. The van der Waals surface area contributed by atoms with Crippen LogP contribution in [0.2, 0.25) is 0 Å². The van der Waals surface area contributed by atoms with E-state index in [4.69, 9.17) is 4.74 Å². The molecule has 0 fully saturated rings. The molecule has 0 spiro atoms. The van der Waals surface area contributed by atoms with Gasteiger partial charge in [0.1, 0.15) is 12.4 Å². The third-order valence-electron chi connectivity index (χ3n) is 4.44. The molecule has 4 rings (SSSR count). The van der Waals surface area contributed by atoms with E-state index in [1.165, 1.54) is 16.9 Å². The lowest BCUT2D eigenvalue weighted by molar-refractivity contribution is 0.103. The summed E-state index contributed by atoms with van der Waals surface area (Å²) in [7, 11) is 0. The summed E-state index contributed by atoms with van der Waals surface area (Å²) in [5, 5.41) is 9.23. The minimum atomic E-state index is -0.171. The van der Waals surface area contributed by atoms with E-state index in [0.29, 0.717) is 23.8 Å². The van der Waals surface area contributed by atoms with E-state index in [1.54, 1.807) is 10.7 Å². The maximum atomic E-state index is 12.5.